The molecule has 0 saturated carbocycles. The molecular formula is C23H27N3O4. The Bertz CT molecular complexity index is 903. The number of rotatable bonds is 8. The molecule has 0 aliphatic carbocycles. The second kappa shape index (κ2) is 10.4. The van der Waals surface area contributed by atoms with Crippen molar-refractivity contribution in [3.05, 3.63) is 64.2 Å². The molecule has 0 radical (unpaired) electrons. The van der Waals surface area contributed by atoms with Crippen LogP contribution in [0.2, 0.25) is 0 Å². The monoisotopic (exact) mass is 409 g/mol. The summed E-state index contributed by atoms with van der Waals surface area (Å²) in [5, 5.41) is 14.1. The van der Waals surface area contributed by atoms with Crippen LogP contribution in [-0.4, -0.2) is 30.5 Å². The van der Waals surface area contributed by atoms with Crippen LogP contribution in [0.1, 0.15) is 38.2 Å². The van der Waals surface area contributed by atoms with Gasteiger partial charge in [0.15, 0.2) is 5.75 Å². The lowest BCUT2D eigenvalue weighted by molar-refractivity contribution is -0.385. The Kier molecular flexibility index (Phi) is 7.43. The summed E-state index contributed by atoms with van der Waals surface area (Å²) < 4.78 is 5.41. The van der Waals surface area contributed by atoms with E-state index >= 15 is 0 Å². The number of nitro benzene ring substituents is 1. The molecule has 7 heteroatoms. The zero-order valence-corrected chi connectivity index (χ0v) is 17.2. The molecular weight excluding hydrogens is 382 g/mol. The highest BCUT2D eigenvalue weighted by atomic mass is 16.6. The number of benzene rings is 2. The van der Waals surface area contributed by atoms with E-state index in [1.54, 1.807) is 18.2 Å². The Labute approximate surface area is 176 Å². The first-order valence-corrected chi connectivity index (χ1v) is 10.3. The molecule has 0 unspecified atom stereocenters. The molecule has 0 bridgehead atoms. The Morgan fingerprint density at radius 1 is 1.17 bits per heavy atom. The summed E-state index contributed by atoms with van der Waals surface area (Å²) >= 11 is 0. The molecule has 0 aromatic heterocycles. The number of carbonyl (C=O) groups is 1. The third kappa shape index (κ3) is 5.83. The van der Waals surface area contributed by atoms with Crippen LogP contribution in [0.3, 0.4) is 0 Å². The second-order valence-electron chi connectivity index (χ2n) is 7.25. The fourth-order valence-electron chi connectivity index (χ4n) is 3.38. The predicted octanol–water partition coefficient (Wildman–Crippen LogP) is 5.03. The average molecular weight is 409 g/mol. The molecule has 0 spiro atoms. The van der Waals surface area contributed by atoms with Crippen molar-refractivity contribution in [1.82, 2.24) is 0 Å². The van der Waals surface area contributed by atoms with E-state index in [0.717, 1.165) is 19.5 Å². The molecule has 1 saturated heterocycles. The van der Waals surface area contributed by atoms with Gasteiger partial charge in [0.25, 0.3) is 0 Å². The lowest BCUT2D eigenvalue weighted by atomic mass is 10.1. The number of hydrogen-bond donors (Lipinski definition) is 1. The fraction of sp³-hybridized carbons (Fsp3) is 0.348. The summed E-state index contributed by atoms with van der Waals surface area (Å²) in [6.07, 6.45) is 7.39. The van der Waals surface area contributed by atoms with Crippen LogP contribution >= 0.6 is 0 Å². The van der Waals surface area contributed by atoms with Gasteiger partial charge in [-0.25, -0.2) is 0 Å². The highest BCUT2D eigenvalue weighted by Gasteiger charge is 2.15. The van der Waals surface area contributed by atoms with Crippen molar-refractivity contribution in [2.45, 2.75) is 32.6 Å². The minimum absolute atomic E-state index is 0.112. The van der Waals surface area contributed by atoms with E-state index < -0.39 is 4.92 Å². The van der Waals surface area contributed by atoms with Gasteiger partial charge in [0.1, 0.15) is 0 Å². The first kappa shape index (κ1) is 21.4. The highest BCUT2D eigenvalue weighted by Crippen LogP contribution is 2.28. The van der Waals surface area contributed by atoms with E-state index in [1.807, 2.05) is 31.2 Å². The van der Waals surface area contributed by atoms with Gasteiger partial charge in [-0.1, -0.05) is 13.0 Å². The smallest absolute Gasteiger partial charge is 0.311 e. The average Bonchev–Trinajstić information content (AvgIpc) is 2.77. The molecule has 1 aliphatic heterocycles. The molecule has 1 heterocycles. The normalized spacial score (nSPS) is 14.0. The zero-order valence-electron chi connectivity index (χ0n) is 17.2. The number of ether oxygens (including phenoxy) is 1. The van der Waals surface area contributed by atoms with Crippen LogP contribution in [0.25, 0.3) is 6.08 Å². The summed E-state index contributed by atoms with van der Waals surface area (Å²) in [5.41, 5.74) is 2.32. The van der Waals surface area contributed by atoms with Gasteiger partial charge in [0, 0.05) is 36.6 Å². The molecule has 7 nitrogen and oxygen atoms in total. The topological polar surface area (TPSA) is 84.7 Å². The molecule has 158 valence electrons. The van der Waals surface area contributed by atoms with E-state index in [9.17, 15) is 14.9 Å². The van der Waals surface area contributed by atoms with Crippen LogP contribution in [-0.2, 0) is 4.79 Å². The lowest BCUT2D eigenvalue weighted by Gasteiger charge is -2.28. The summed E-state index contributed by atoms with van der Waals surface area (Å²) in [5.74, 6) is -0.0630. The number of carbonyl (C=O) groups excluding carboxylic acids is 1. The maximum atomic E-state index is 12.2. The molecule has 1 N–H and O–H groups in total. The molecule has 2 aromatic carbocycles. The highest BCUT2D eigenvalue weighted by molar-refractivity contribution is 6.02. The maximum absolute atomic E-state index is 12.2. The molecule has 30 heavy (non-hydrogen) atoms. The number of anilines is 2. The summed E-state index contributed by atoms with van der Waals surface area (Å²) in [6.45, 7) is 4.49. The SMILES string of the molecule is CCCOc1ccc(/C=C/C(=O)Nc2ccc(N3CCCCC3)cc2)cc1[N+](=O)[O-]. The van der Waals surface area contributed by atoms with Crippen LogP contribution in [0.5, 0.6) is 5.75 Å². The van der Waals surface area contributed by atoms with Gasteiger partial charge in [-0.15, -0.1) is 0 Å². The van der Waals surface area contributed by atoms with Crippen molar-refractivity contribution < 1.29 is 14.5 Å². The lowest BCUT2D eigenvalue weighted by Crippen LogP contribution is -2.29. The first-order chi connectivity index (χ1) is 14.6. The first-order valence-electron chi connectivity index (χ1n) is 10.3. The minimum atomic E-state index is -0.480. The van der Waals surface area contributed by atoms with Gasteiger partial charge in [0.2, 0.25) is 5.91 Å². The van der Waals surface area contributed by atoms with E-state index in [0.29, 0.717) is 17.9 Å². The maximum Gasteiger partial charge on any atom is 0.311 e. The van der Waals surface area contributed by atoms with E-state index in [1.165, 1.54) is 37.1 Å². The van der Waals surface area contributed by atoms with E-state index in [4.69, 9.17) is 4.74 Å². The van der Waals surface area contributed by atoms with Crippen LogP contribution in [0.4, 0.5) is 17.1 Å². The molecule has 1 amide bonds. The number of nitrogens with zero attached hydrogens (tertiary/aromatic N) is 2. The van der Waals surface area contributed by atoms with Crippen molar-refractivity contribution in [2.24, 2.45) is 0 Å². The van der Waals surface area contributed by atoms with Gasteiger partial charge in [-0.2, -0.15) is 0 Å². The van der Waals surface area contributed by atoms with Gasteiger partial charge >= 0.3 is 5.69 Å². The Morgan fingerprint density at radius 3 is 2.57 bits per heavy atom. The van der Waals surface area contributed by atoms with E-state index in [2.05, 4.69) is 10.2 Å². The van der Waals surface area contributed by atoms with Crippen molar-refractivity contribution in [1.29, 1.82) is 0 Å². The molecule has 0 atom stereocenters. The standard InChI is InChI=1S/C23H27N3O4/c1-2-16-30-22-12-6-18(17-21(22)26(28)29)7-13-23(27)24-19-8-10-20(11-9-19)25-14-4-3-5-15-25/h6-13,17H,2-5,14-16H2,1H3,(H,24,27)/b13-7+. The quantitative estimate of drug-likeness (QED) is 0.376. The number of nitro groups is 1. The molecule has 2 aromatic rings. The Balaban J connectivity index is 1.61. The zero-order chi connectivity index (χ0) is 21.3. The van der Waals surface area contributed by atoms with Gasteiger partial charge in [-0.3, -0.25) is 14.9 Å². The molecule has 1 fully saturated rings. The number of piperidine rings is 1. The predicted molar refractivity (Wildman–Crippen MR) is 119 cm³/mol. The van der Waals surface area contributed by atoms with Gasteiger partial charge in [-0.05, 0) is 67.7 Å². The van der Waals surface area contributed by atoms with Crippen molar-refractivity contribution >= 4 is 29.0 Å². The van der Waals surface area contributed by atoms with Crippen LogP contribution in [0, 0.1) is 10.1 Å². The van der Waals surface area contributed by atoms with Crippen LogP contribution in [0.15, 0.2) is 48.5 Å². The minimum Gasteiger partial charge on any atom is -0.487 e. The fourth-order valence-corrected chi connectivity index (χ4v) is 3.38. The number of amides is 1. The third-order valence-electron chi connectivity index (χ3n) is 4.92. The molecule has 1 aliphatic rings. The van der Waals surface area contributed by atoms with Crippen molar-refractivity contribution in [3.63, 3.8) is 0 Å². The third-order valence-corrected chi connectivity index (χ3v) is 4.92. The number of nitrogens with one attached hydrogen (secondary N) is 1. The number of hydrogen-bond acceptors (Lipinski definition) is 5. The van der Waals surface area contributed by atoms with Gasteiger partial charge < -0.3 is 15.0 Å². The Morgan fingerprint density at radius 2 is 1.90 bits per heavy atom. The van der Waals surface area contributed by atoms with E-state index in [-0.39, 0.29) is 17.3 Å². The van der Waals surface area contributed by atoms with Crippen LogP contribution < -0.4 is 15.0 Å². The molecule has 3 rings (SSSR count). The largest absolute Gasteiger partial charge is 0.487 e. The van der Waals surface area contributed by atoms with Crippen molar-refractivity contribution in [3.8, 4) is 5.75 Å². The second-order valence-corrected chi connectivity index (χ2v) is 7.25. The summed E-state index contributed by atoms with van der Waals surface area (Å²) in [7, 11) is 0. The summed E-state index contributed by atoms with van der Waals surface area (Å²) in [6, 6.07) is 12.5. The van der Waals surface area contributed by atoms with Gasteiger partial charge in [0.05, 0.1) is 11.5 Å². The van der Waals surface area contributed by atoms with Crippen molar-refractivity contribution in [2.75, 3.05) is 29.9 Å². The summed E-state index contributed by atoms with van der Waals surface area (Å²) in [4.78, 5) is 25.4. The Hall–Kier alpha value is -3.35.